The molecule has 1 aromatic carbocycles. The molecule has 20 heavy (non-hydrogen) atoms. The van der Waals surface area contributed by atoms with Gasteiger partial charge in [-0.25, -0.2) is 0 Å². The third-order valence-electron chi connectivity index (χ3n) is 3.66. The maximum absolute atomic E-state index is 11.8. The van der Waals surface area contributed by atoms with Crippen LogP contribution in [-0.2, 0) is 16.1 Å². The van der Waals surface area contributed by atoms with Crippen LogP contribution in [0.4, 0.5) is 5.69 Å². The van der Waals surface area contributed by atoms with Crippen LogP contribution in [0.5, 0.6) is 5.75 Å². The lowest BCUT2D eigenvalue weighted by atomic mass is 10.1. The van der Waals surface area contributed by atoms with Gasteiger partial charge in [0.1, 0.15) is 5.75 Å². The van der Waals surface area contributed by atoms with Crippen molar-refractivity contribution < 1.29 is 14.3 Å². The molecular weight excluding hydrogens is 258 g/mol. The summed E-state index contributed by atoms with van der Waals surface area (Å²) >= 11 is 0. The Morgan fingerprint density at radius 1 is 1.45 bits per heavy atom. The maximum atomic E-state index is 11.8. The first kappa shape index (κ1) is 12.9. The third-order valence-corrected chi connectivity index (χ3v) is 3.66. The van der Waals surface area contributed by atoms with E-state index in [0.717, 1.165) is 18.5 Å². The SMILES string of the molecule is CN1CCC(NCc2ccc3c(c2)NC(=O)CO3)C1=O. The molecule has 2 heterocycles. The van der Waals surface area contributed by atoms with Gasteiger partial charge >= 0.3 is 0 Å². The summed E-state index contributed by atoms with van der Waals surface area (Å²) in [6.45, 7) is 1.45. The number of fused-ring (bicyclic) bond motifs is 1. The van der Waals surface area contributed by atoms with Crippen molar-refractivity contribution in [3.63, 3.8) is 0 Å². The zero-order valence-electron chi connectivity index (χ0n) is 11.3. The van der Waals surface area contributed by atoms with Gasteiger partial charge in [-0.3, -0.25) is 9.59 Å². The van der Waals surface area contributed by atoms with Gasteiger partial charge in [-0.05, 0) is 24.1 Å². The van der Waals surface area contributed by atoms with Gasteiger partial charge in [0.15, 0.2) is 6.61 Å². The number of amides is 2. The number of nitrogens with one attached hydrogen (secondary N) is 2. The van der Waals surface area contributed by atoms with E-state index in [0.29, 0.717) is 18.0 Å². The number of carbonyl (C=O) groups excluding carboxylic acids is 2. The molecule has 1 saturated heterocycles. The molecule has 6 nitrogen and oxygen atoms in total. The Labute approximate surface area is 117 Å². The first-order valence-corrected chi connectivity index (χ1v) is 6.67. The van der Waals surface area contributed by atoms with Crippen LogP contribution in [0, 0.1) is 0 Å². The Bertz CT molecular complexity index is 559. The smallest absolute Gasteiger partial charge is 0.262 e. The molecule has 0 aromatic heterocycles. The molecule has 6 heteroatoms. The highest BCUT2D eigenvalue weighted by Gasteiger charge is 2.28. The summed E-state index contributed by atoms with van der Waals surface area (Å²) in [7, 11) is 1.82. The van der Waals surface area contributed by atoms with Gasteiger partial charge in [0, 0.05) is 20.1 Å². The van der Waals surface area contributed by atoms with E-state index in [2.05, 4.69) is 10.6 Å². The lowest BCUT2D eigenvalue weighted by Crippen LogP contribution is -2.36. The molecule has 2 aliphatic heterocycles. The molecule has 1 fully saturated rings. The molecule has 0 saturated carbocycles. The molecule has 3 rings (SSSR count). The number of anilines is 1. The van der Waals surface area contributed by atoms with Crippen LogP contribution in [0.3, 0.4) is 0 Å². The number of likely N-dealkylation sites (tertiary alicyclic amines) is 1. The van der Waals surface area contributed by atoms with Gasteiger partial charge in [0.05, 0.1) is 11.7 Å². The Hall–Kier alpha value is -2.08. The number of ether oxygens (including phenoxy) is 1. The van der Waals surface area contributed by atoms with Crippen LogP contribution in [-0.4, -0.2) is 43.0 Å². The summed E-state index contributed by atoms with van der Waals surface area (Å²) in [6, 6.07) is 5.55. The topological polar surface area (TPSA) is 70.7 Å². The van der Waals surface area contributed by atoms with Gasteiger partial charge in [0.25, 0.3) is 5.91 Å². The van der Waals surface area contributed by atoms with E-state index in [1.165, 1.54) is 0 Å². The molecule has 1 unspecified atom stereocenters. The molecule has 0 radical (unpaired) electrons. The molecule has 0 bridgehead atoms. The Balaban J connectivity index is 1.65. The van der Waals surface area contributed by atoms with Crippen LogP contribution < -0.4 is 15.4 Å². The van der Waals surface area contributed by atoms with E-state index in [1.54, 1.807) is 4.90 Å². The van der Waals surface area contributed by atoms with Crippen LogP contribution in [0.1, 0.15) is 12.0 Å². The molecule has 0 aliphatic carbocycles. The quantitative estimate of drug-likeness (QED) is 0.834. The summed E-state index contributed by atoms with van der Waals surface area (Å²) < 4.78 is 5.31. The normalized spacial score (nSPS) is 21.4. The zero-order valence-corrected chi connectivity index (χ0v) is 11.3. The van der Waals surface area contributed by atoms with Crippen molar-refractivity contribution in [1.29, 1.82) is 0 Å². The van der Waals surface area contributed by atoms with Gasteiger partial charge in [-0.15, -0.1) is 0 Å². The minimum absolute atomic E-state index is 0.0630. The van der Waals surface area contributed by atoms with Crippen molar-refractivity contribution in [2.24, 2.45) is 0 Å². The summed E-state index contributed by atoms with van der Waals surface area (Å²) in [5, 5.41) is 6.03. The highest BCUT2D eigenvalue weighted by atomic mass is 16.5. The second-order valence-corrected chi connectivity index (χ2v) is 5.15. The van der Waals surface area contributed by atoms with Crippen molar-refractivity contribution >= 4 is 17.5 Å². The van der Waals surface area contributed by atoms with E-state index in [9.17, 15) is 9.59 Å². The second kappa shape index (κ2) is 5.13. The molecule has 2 aliphatic rings. The molecule has 0 spiro atoms. The maximum Gasteiger partial charge on any atom is 0.262 e. The summed E-state index contributed by atoms with van der Waals surface area (Å²) in [5.74, 6) is 0.680. The Morgan fingerprint density at radius 2 is 2.30 bits per heavy atom. The standard InChI is InChI=1S/C14H17N3O3/c1-17-5-4-10(14(17)19)15-7-9-2-3-12-11(6-9)16-13(18)8-20-12/h2-3,6,10,15H,4-5,7-8H2,1H3,(H,16,18). The van der Waals surface area contributed by atoms with Gasteiger partial charge in [0.2, 0.25) is 5.91 Å². The number of likely N-dealkylation sites (N-methyl/N-ethyl adjacent to an activating group) is 1. The monoisotopic (exact) mass is 275 g/mol. The lowest BCUT2D eigenvalue weighted by Gasteiger charge is -2.19. The van der Waals surface area contributed by atoms with Gasteiger partial charge in [-0.1, -0.05) is 6.07 Å². The average molecular weight is 275 g/mol. The predicted molar refractivity (Wildman–Crippen MR) is 73.4 cm³/mol. The van der Waals surface area contributed by atoms with Crippen LogP contribution in [0.2, 0.25) is 0 Å². The minimum Gasteiger partial charge on any atom is -0.482 e. The van der Waals surface area contributed by atoms with E-state index in [4.69, 9.17) is 4.74 Å². The molecule has 106 valence electrons. The summed E-state index contributed by atoms with van der Waals surface area (Å²) in [4.78, 5) is 24.8. The highest BCUT2D eigenvalue weighted by molar-refractivity contribution is 5.95. The first-order chi connectivity index (χ1) is 9.63. The van der Waals surface area contributed by atoms with E-state index in [1.807, 2.05) is 25.2 Å². The van der Waals surface area contributed by atoms with Gasteiger partial charge < -0.3 is 20.3 Å². The number of rotatable bonds is 3. The van der Waals surface area contributed by atoms with Crippen molar-refractivity contribution in [2.75, 3.05) is 25.5 Å². The fourth-order valence-corrected chi connectivity index (χ4v) is 2.49. The number of hydrogen-bond donors (Lipinski definition) is 2. The minimum atomic E-state index is -0.143. The number of carbonyl (C=O) groups is 2. The lowest BCUT2D eigenvalue weighted by molar-refractivity contribution is -0.128. The zero-order chi connectivity index (χ0) is 14.1. The van der Waals surface area contributed by atoms with Crippen molar-refractivity contribution in [3.05, 3.63) is 23.8 Å². The third kappa shape index (κ3) is 2.46. The average Bonchev–Trinajstić information content (AvgIpc) is 2.76. The Kier molecular flexibility index (Phi) is 3.31. The van der Waals surface area contributed by atoms with Crippen LogP contribution >= 0.6 is 0 Å². The number of benzene rings is 1. The highest BCUT2D eigenvalue weighted by Crippen LogP contribution is 2.28. The van der Waals surface area contributed by atoms with Crippen molar-refractivity contribution in [3.8, 4) is 5.75 Å². The Morgan fingerprint density at radius 3 is 3.05 bits per heavy atom. The number of hydrogen-bond acceptors (Lipinski definition) is 4. The summed E-state index contributed by atoms with van der Waals surface area (Å²) in [5.41, 5.74) is 1.70. The predicted octanol–water partition coefficient (Wildman–Crippen LogP) is 0.338. The molecular formula is C14H17N3O3. The van der Waals surface area contributed by atoms with Gasteiger partial charge in [-0.2, -0.15) is 0 Å². The van der Waals surface area contributed by atoms with Crippen molar-refractivity contribution in [2.45, 2.75) is 19.0 Å². The van der Waals surface area contributed by atoms with Crippen LogP contribution in [0.25, 0.3) is 0 Å². The van der Waals surface area contributed by atoms with E-state index < -0.39 is 0 Å². The molecule has 1 aromatic rings. The summed E-state index contributed by atoms with van der Waals surface area (Å²) in [6.07, 6.45) is 0.833. The molecule has 2 N–H and O–H groups in total. The van der Waals surface area contributed by atoms with Crippen LogP contribution in [0.15, 0.2) is 18.2 Å². The first-order valence-electron chi connectivity index (χ1n) is 6.67. The molecule has 1 atom stereocenters. The largest absolute Gasteiger partial charge is 0.482 e. The van der Waals surface area contributed by atoms with E-state index >= 15 is 0 Å². The second-order valence-electron chi connectivity index (χ2n) is 5.15. The number of nitrogens with zero attached hydrogens (tertiary/aromatic N) is 1. The van der Waals surface area contributed by atoms with E-state index in [-0.39, 0.29) is 24.5 Å². The van der Waals surface area contributed by atoms with Crippen molar-refractivity contribution in [1.82, 2.24) is 10.2 Å². The molecule has 2 amide bonds. The fraction of sp³-hybridized carbons (Fsp3) is 0.429. The fourth-order valence-electron chi connectivity index (χ4n) is 2.49.